The van der Waals surface area contributed by atoms with E-state index < -0.39 is 17.4 Å². The number of benzene rings is 1. The monoisotopic (exact) mass is 348 g/mol. The first-order valence-electron chi connectivity index (χ1n) is 7.32. The number of amides is 1. The molecule has 1 aromatic heterocycles. The van der Waals surface area contributed by atoms with Crippen LogP contribution < -0.4 is 10.9 Å². The third-order valence-electron chi connectivity index (χ3n) is 3.49. The van der Waals surface area contributed by atoms with Crippen LogP contribution in [0.4, 0.5) is 5.69 Å². The Morgan fingerprint density at radius 1 is 1.25 bits per heavy atom. The molecule has 2 N–H and O–H groups in total. The van der Waals surface area contributed by atoms with Gasteiger partial charge < -0.3 is 15.0 Å². The minimum atomic E-state index is -0.632. The number of carbonyl (C=O) groups excluding carboxylic acids is 2. The molecule has 1 heterocycles. The van der Waals surface area contributed by atoms with Crippen LogP contribution in [0.3, 0.4) is 0 Å². The topological polar surface area (TPSA) is 88.3 Å². The van der Waals surface area contributed by atoms with E-state index >= 15 is 0 Å². The summed E-state index contributed by atoms with van der Waals surface area (Å²) in [7, 11) is 0. The zero-order chi connectivity index (χ0) is 17.9. The van der Waals surface area contributed by atoms with Crippen molar-refractivity contribution in [1.82, 2.24) is 4.98 Å². The molecule has 0 radical (unpaired) electrons. The molecule has 2 aromatic rings. The fourth-order valence-corrected chi connectivity index (χ4v) is 2.32. The Balaban J connectivity index is 2.39. The summed E-state index contributed by atoms with van der Waals surface area (Å²) >= 11 is 6.02. The molecule has 0 atom stereocenters. The van der Waals surface area contributed by atoms with Crippen molar-refractivity contribution in [3.63, 3.8) is 0 Å². The molecule has 1 aromatic carbocycles. The summed E-state index contributed by atoms with van der Waals surface area (Å²) in [5.74, 6) is -1.23. The number of hydrogen-bond donors (Lipinski definition) is 2. The zero-order valence-electron chi connectivity index (χ0n) is 13.5. The van der Waals surface area contributed by atoms with Crippen LogP contribution in [0.1, 0.15) is 38.9 Å². The summed E-state index contributed by atoms with van der Waals surface area (Å²) in [4.78, 5) is 38.9. The van der Waals surface area contributed by atoms with Gasteiger partial charge in [0.1, 0.15) is 5.56 Å². The summed E-state index contributed by atoms with van der Waals surface area (Å²) in [5.41, 5.74) is 0.894. The van der Waals surface area contributed by atoms with E-state index in [4.69, 9.17) is 16.3 Å². The van der Waals surface area contributed by atoms with Gasteiger partial charge in [-0.05, 0) is 44.5 Å². The van der Waals surface area contributed by atoms with Crippen molar-refractivity contribution in [3.05, 3.63) is 62.0 Å². The van der Waals surface area contributed by atoms with Crippen molar-refractivity contribution in [3.8, 4) is 0 Å². The number of halogens is 1. The third kappa shape index (κ3) is 3.65. The molecular weight excluding hydrogens is 332 g/mol. The van der Waals surface area contributed by atoms with Crippen LogP contribution in [0, 0.1) is 13.8 Å². The minimum Gasteiger partial charge on any atom is -0.462 e. The predicted octanol–water partition coefficient (Wildman–Crippen LogP) is 3.07. The van der Waals surface area contributed by atoms with Gasteiger partial charge in [-0.15, -0.1) is 0 Å². The standard InChI is InChI=1S/C17H17ClN2O4/c1-4-24-17(23)11-8-12(15(21)19-10(11)3)16(22)20-14-7-5-6-13(18)9(14)2/h5-8H,4H2,1-3H3,(H,19,21)(H,20,22). The van der Waals surface area contributed by atoms with E-state index in [1.807, 2.05) is 0 Å². The van der Waals surface area contributed by atoms with E-state index in [9.17, 15) is 14.4 Å². The van der Waals surface area contributed by atoms with E-state index in [2.05, 4.69) is 10.3 Å². The fraction of sp³-hybridized carbons (Fsp3) is 0.235. The Morgan fingerprint density at radius 3 is 2.62 bits per heavy atom. The van der Waals surface area contributed by atoms with Gasteiger partial charge in [-0.3, -0.25) is 9.59 Å². The molecule has 0 saturated carbocycles. The molecule has 0 aliphatic carbocycles. The van der Waals surface area contributed by atoms with Crippen LogP contribution in [-0.2, 0) is 4.74 Å². The number of pyridine rings is 1. The number of H-pyrrole nitrogens is 1. The van der Waals surface area contributed by atoms with Crippen molar-refractivity contribution in [1.29, 1.82) is 0 Å². The number of aryl methyl sites for hydroxylation is 1. The van der Waals surface area contributed by atoms with E-state index in [0.29, 0.717) is 22.0 Å². The maximum Gasteiger partial charge on any atom is 0.339 e. The normalized spacial score (nSPS) is 10.3. The van der Waals surface area contributed by atoms with E-state index in [1.165, 1.54) is 6.07 Å². The van der Waals surface area contributed by atoms with Gasteiger partial charge in [0.05, 0.1) is 12.2 Å². The maximum absolute atomic E-state index is 12.4. The lowest BCUT2D eigenvalue weighted by molar-refractivity contribution is 0.0525. The molecule has 0 saturated heterocycles. The van der Waals surface area contributed by atoms with Gasteiger partial charge in [0, 0.05) is 16.4 Å². The third-order valence-corrected chi connectivity index (χ3v) is 3.90. The van der Waals surface area contributed by atoms with Gasteiger partial charge in [0.2, 0.25) is 0 Å². The highest BCUT2D eigenvalue weighted by atomic mass is 35.5. The molecule has 0 fully saturated rings. The van der Waals surface area contributed by atoms with Gasteiger partial charge in [0.25, 0.3) is 11.5 Å². The highest BCUT2D eigenvalue weighted by molar-refractivity contribution is 6.31. The molecule has 1 amide bonds. The molecular formula is C17H17ClN2O4. The molecule has 0 unspecified atom stereocenters. The zero-order valence-corrected chi connectivity index (χ0v) is 14.3. The van der Waals surface area contributed by atoms with E-state index in [0.717, 1.165) is 0 Å². The van der Waals surface area contributed by atoms with Gasteiger partial charge >= 0.3 is 5.97 Å². The Bertz CT molecular complexity index is 858. The fourth-order valence-electron chi connectivity index (χ4n) is 2.15. The van der Waals surface area contributed by atoms with Gasteiger partial charge in [-0.25, -0.2) is 4.79 Å². The summed E-state index contributed by atoms with van der Waals surface area (Å²) in [6, 6.07) is 6.30. The first-order valence-corrected chi connectivity index (χ1v) is 7.70. The van der Waals surface area contributed by atoms with Crippen LogP contribution in [0.5, 0.6) is 0 Å². The van der Waals surface area contributed by atoms with E-state index in [-0.39, 0.29) is 17.7 Å². The SMILES string of the molecule is CCOC(=O)c1cc(C(=O)Nc2cccc(Cl)c2C)c(=O)[nH]c1C. The Morgan fingerprint density at radius 2 is 1.96 bits per heavy atom. The summed E-state index contributed by atoms with van der Waals surface area (Å²) in [6.07, 6.45) is 0. The second kappa shape index (κ2) is 7.31. The predicted molar refractivity (Wildman–Crippen MR) is 91.9 cm³/mol. The molecule has 7 heteroatoms. The van der Waals surface area contributed by atoms with Crippen LogP contribution in [-0.4, -0.2) is 23.5 Å². The molecule has 0 bridgehead atoms. The Labute approximate surface area is 143 Å². The first-order chi connectivity index (χ1) is 11.3. The quantitative estimate of drug-likeness (QED) is 0.831. The summed E-state index contributed by atoms with van der Waals surface area (Å²) in [5, 5.41) is 3.13. The maximum atomic E-state index is 12.4. The Kier molecular flexibility index (Phi) is 5.41. The summed E-state index contributed by atoms with van der Waals surface area (Å²) in [6.45, 7) is 5.19. The molecule has 0 spiro atoms. The van der Waals surface area contributed by atoms with Crippen molar-refractivity contribution in [2.75, 3.05) is 11.9 Å². The van der Waals surface area contributed by atoms with Gasteiger partial charge in [0.15, 0.2) is 0 Å². The lowest BCUT2D eigenvalue weighted by Crippen LogP contribution is -2.26. The number of anilines is 1. The van der Waals surface area contributed by atoms with Crippen LogP contribution in [0.2, 0.25) is 5.02 Å². The van der Waals surface area contributed by atoms with Crippen molar-refractivity contribution in [2.45, 2.75) is 20.8 Å². The van der Waals surface area contributed by atoms with Crippen LogP contribution in [0.25, 0.3) is 0 Å². The largest absolute Gasteiger partial charge is 0.462 e. The molecule has 0 aliphatic heterocycles. The molecule has 24 heavy (non-hydrogen) atoms. The summed E-state index contributed by atoms with van der Waals surface area (Å²) < 4.78 is 4.93. The van der Waals surface area contributed by atoms with Crippen LogP contribution in [0.15, 0.2) is 29.1 Å². The Hall–Kier alpha value is -2.60. The average Bonchev–Trinajstić information content (AvgIpc) is 2.52. The highest BCUT2D eigenvalue weighted by Crippen LogP contribution is 2.23. The molecule has 6 nitrogen and oxygen atoms in total. The molecule has 0 aliphatic rings. The number of ether oxygens (including phenoxy) is 1. The minimum absolute atomic E-state index is 0.143. The second-order valence-electron chi connectivity index (χ2n) is 5.14. The number of esters is 1. The van der Waals surface area contributed by atoms with Gasteiger partial charge in [-0.2, -0.15) is 0 Å². The molecule has 126 valence electrons. The van der Waals surface area contributed by atoms with E-state index in [1.54, 1.807) is 39.0 Å². The van der Waals surface area contributed by atoms with Crippen LogP contribution >= 0.6 is 11.6 Å². The number of aromatic nitrogens is 1. The second-order valence-corrected chi connectivity index (χ2v) is 5.55. The number of aromatic amines is 1. The highest BCUT2D eigenvalue weighted by Gasteiger charge is 2.19. The van der Waals surface area contributed by atoms with Crippen molar-refractivity contribution < 1.29 is 14.3 Å². The number of hydrogen-bond acceptors (Lipinski definition) is 4. The number of nitrogens with one attached hydrogen (secondary N) is 2. The smallest absolute Gasteiger partial charge is 0.339 e. The van der Waals surface area contributed by atoms with Crippen molar-refractivity contribution in [2.24, 2.45) is 0 Å². The lowest BCUT2D eigenvalue weighted by atomic mass is 10.1. The first kappa shape index (κ1) is 17.7. The van der Waals surface area contributed by atoms with Gasteiger partial charge in [-0.1, -0.05) is 17.7 Å². The number of carbonyl (C=O) groups is 2. The number of rotatable bonds is 4. The molecule has 2 rings (SSSR count). The average molecular weight is 349 g/mol. The van der Waals surface area contributed by atoms with Crippen molar-refractivity contribution >= 4 is 29.2 Å². The lowest BCUT2D eigenvalue weighted by Gasteiger charge is -2.11.